The summed E-state index contributed by atoms with van der Waals surface area (Å²) in [6, 6.07) is 14.4. The molecule has 2 fully saturated rings. The van der Waals surface area contributed by atoms with Gasteiger partial charge in [0.25, 0.3) is 0 Å². The molecule has 2 aromatic heterocycles. The lowest BCUT2D eigenvalue weighted by Gasteiger charge is -2.38. The van der Waals surface area contributed by atoms with Crippen LogP contribution in [-0.4, -0.2) is 94.1 Å². The van der Waals surface area contributed by atoms with E-state index in [2.05, 4.69) is 36.1 Å². The van der Waals surface area contributed by atoms with Crippen molar-refractivity contribution in [2.45, 2.75) is 38.3 Å². The summed E-state index contributed by atoms with van der Waals surface area (Å²) in [6.07, 6.45) is 3.41. The molecule has 2 N–H and O–H groups in total. The van der Waals surface area contributed by atoms with Crippen LogP contribution in [0.1, 0.15) is 42.9 Å². The number of halogens is 2. The number of piperazine rings is 1. The maximum Gasteiger partial charge on any atom is 0.338 e. The van der Waals surface area contributed by atoms with Crippen LogP contribution in [0, 0.1) is 5.82 Å². The van der Waals surface area contributed by atoms with Crippen LogP contribution in [0.3, 0.4) is 0 Å². The first-order chi connectivity index (χ1) is 25.4. The average molecular weight is 803 g/mol. The fraction of sp³-hybridized carbons (Fsp3) is 0.316. The van der Waals surface area contributed by atoms with Crippen molar-refractivity contribution >= 4 is 56.9 Å². The Kier molecular flexibility index (Phi) is 10.2. The minimum Gasteiger partial charge on any atom is -0.481 e. The standard InChI is InChI=1S/C38H37BrFN7O5S/c1-4-52-35(48)31-29(43-33(34-41-13-16-53-34)44-32(31)27-11-10-25(40)17-28(27)39)21-45-14-15-46-26(19-45)20-47(37(46)51)30-12-7-23(18-42-30)22-5-8-24(9-6-22)38(2,3)36(49)50/h5-13,16-18,26,32H,4,14-15,19-21H2,1-3H3,(H,43,44)(H,49,50)/t26-,32-/m0/s1. The number of nitrogens with zero attached hydrogens (tertiary/aromatic N) is 6. The number of carboxylic acid groups (broad SMARTS) is 1. The molecule has 3 aliphatic heterocycles. The Hall–Kier alpha value is -4.99. The zero-order valence-electron chi connectivity index (χ0n) is 29.3. The van der Waals surface area contributed by atoms with E-state index in [0.29, 0.717) is 76.3 Å². The fourth-order valence-corrected chi connectivity index (χ4v) is 7.97. The molecule has 53 heavy (non-hydrogen) atoms. The highest BCUT2D eigenvalue weighted by Gasteiger charge is 2.43. The second kappa shape index (κ2) is 14.8. The van der Waals surface area contributed by atoms with Crippen LogP contribution in [0.4, 0.5) is 15.0 Å². The highest BCUT2D eigenvalue weighted by Crippen LogP contribution is 2.38. The number of urea groups is 1. The van der Waals surface area contributed by atoms with E-state index in [0.717, 1.165) is 11.1 Å². The first kappa shape index (κ1) is 36.4. The number of aliphatic imine (C=N–C) groups is 1. The van der Waals surface area contributed by atoms with Crippen molar-refractivity contribution in [3.8, 4) is 11.1 Å². The predicted molar refractivity (Wildman–Crippen MR) is 202 cm³/mol. The number of esters is 1. The number of aliphatic carboxylic acids is 1. The number of hydrogen-bond donors (Lipinski definition) is 2. The Bertz CT molecular complexity index is 2110. The Morgan fingerprint density at radius 3 is 2.51 bits per heavy atom. The van der Waals surface area contributed by atoms with Crippen LogP contribution in [-0.2, 0) is 19.7 Å². The minimum absolute atomic E-state index is 0.114. The van der Waals surface area contributed by atoms with Gasteiger partial charge in [-0.3, -0.25) is 19.6 Å². The normalized spacial score (nSPS) is 19.2. The third-order valence-electron chi connectivity index (χ3n) is 9.83. The number of amides is 2. The highest BCUT2D eigenvalue weighted by molar-refractivity contribution is 9.10. The number of pyridine rings is 1. The first-order valence-electron chi connectivity index (χ1n) is 17.1. The van der Waals surface area contributed by atoms with Gasteiger partial charge >= 0.3 is 18.0 Å². The van der Waals surface area contributed by atoms with Gasteiger partial charge in [0.15, 0.2) is 10.8 Å². The summed E-state index contributed by atoms with van der Waals surface area (Å²) >= 11 is 4.89. The molecule has 274 valence electrons. The number of nitrogens with one attached hydrogen (secondary N) is 1. The molecule has 3 aliphatic rings. The highest BCUT2D eigenvalue weighted by atomic mass is 79.9. The summed E-state index contributed by atoms with van der Waals surface area (Å²) in [5, 5.41) is 15.4. The van der Waals surface area contributed by atoms with E-state index in [1.54, 1.807) is 44.1 Å². The predicted octanol–water partition coefficient (Wildman–Crippen LogP) is 6.00. The summed E-state index contributed by atoms with van der Waals surface area (Å²) in [7, 11) is 0. The van der Waals surface area contributed by atoms with E-state index in [1.165, 1.54) is 23.5 Å². The van der Waals surface area contributed by atoms with Crippen molar-refractivity contribution in [2.24, 2.45) is 4.99 Å². The number of rotatable bonds is 10. The Morgan fingerprint density at radius 1 is 1.08 bits per heavy atom. The van der Waals surface area contributed by atoms with Crippen LogP contribution in [0.15, 0.2) is 93.1 Å². The molecular weight excluding hydrogens is 765 g/mol. The van der Waals surface area contributed by atoms with Gasteiger partial charge in [0.2, 0.25) is 0 Å². The summed E-state index contributed by atoms with van der Waals surface area (Å²) in [4.78, 5) is 58.7. The van der Waals surface area contributed by atoms with Crippen LogP contribution in [0.5, 0.6) is 0 Å². The summed E-state index contributed by atoms with van der Waals surface area (Å²) in [5.41, 5.74) is 2.98. The molecular formula is C38H37BrFN7O5S. The smallest absolute Gasteiger partial charge is 0.338 e. The molecule has 2 amide bonds. The monoisotopic (exact) mass is 801 g/mol. The lowest BCUT2D eigenvalue weighted by atomic mass is 9.84. The number of fused-ring (bicyclic) bond motifs is 1. The van der Waals surface area contributed by atoms with Gasteiger partial charge in [-0.15, -0.1) is 11.3 Å². The molecule has 0 saturated carbocycles. The van der Waals surface area contributed by atoms with Gasteiger partial charge < -0.3 is 20.1 Å². The molecule has 2 saturated heterocycles. The summed E-state index contributed by atoms with van der Waals surface area (Å²) in [5.74, 6) is -0.789. The number of amidine groups is 1. The number of carboxylic acids is 1. The third kappa shape index (κ3) is 7.20. The van der Waals surface area contributed by atoms with E-state index < -0.39 is 29.2 Å². The number of hydrogen-bond acceptors (Lipinski definition) is 10. The van der Waals surface area contributed by atoms with Gasteiger partial charge in [0.1, 0.15) is 17.7 Å². The van der Waals surface area contributed by atoms with Crippen LogP contribution in [0.25, 0.3) is 11.1 Å². The molecule has 0 radical (unpaired) electrons. The van der Waals surface area contributed by atoms with E-state index in [1.807, 2.05) is 46.7 Å². The van der Waals surface area contributed by atoms with Crippen molar-refractivity contribution in [3.63, 3.8) is 0 Å². The number of anilines is 1. The lowest BCUT2D eigenvalue weighted by molar-refractivity contribution is -0.142. The van der Waals surface area contributed by atoms with Gasteiger partial charge in [0, 0.05) is 59.7 Å². The SMILES string of the molecule is CCOC(=O)C1=C(CN2CCN3C(=O)N(c4ccc(-c5ccc(C(C)(C)C(=O)O)cc5)cn4)C[C@@H]3C2)NC(c2nccs2)=N[C@H]1c1ccc(F)cc1Br. The number of carbonyl (C=O) groups excluding carboxylic acids is 2. The molecule has 7 rings (SSSR count). The van der Waals surface area contributed by atoms with Crippen LogP contribution >= 0.6 is 27.3 Å². The van der Waals surface area contributed by atoms with E-state index in [9.17, 15) is 23.9 Å². The van der Waals surface area contributed by atoms with Gasteiger partial charge in [-0.25, -0.2) is 23.9 Å². The molecule has 0 spiro atoms. The van der Waals surface area contributed by atoms with Crippen molar-refractivity contribution in [1.82, 2.24) is 25.1 Å². The lowest BCUT2D eigenvalue weighted by Crippen LogP contribution is -2.53. The minimum atomic E-state index is -1.01. The van der Waals surface area contributed by atoms with Crippen LogP contribution < -0.4 is 10.2 Å². The maximum absolute atomic E-state index is 14.2. The van der Waals surface area contributed by atoms with Gasteiger partial charge in [0.05, 0.1) is 30.2 Å². The number of aromatic nitrogens is 2. The maximum atomic E-state index is 14.2. The van der Waals surface area contributed by atoms with Crippen molar-refractivity contribution in [3.05, 3.63) is 110 Å². The number of carbonyl (C=O) groups is 3. The van der Waals surface area contributed by atoms with E-state index in [-0.39, 0.29) is 18.7 Å². The molecule has 5 heterocycles. The van der Waals surface area contributed by atoms with Gasteiger partial charge in [-0.05, 0) is 61.7 Å². The molecule has 4 aromatic rings. The summed E-state index contributed by atoms with van der Waals surface area (Å²) < 4.78 is 20.2. The zero-order valence-corrected chi connectivity index (χ0v) is 31.7. The molecule has 0 bridgehead atoms. The van der Waals surface area contributed by atoms with E-state index >= 15 is 0 Å². The topological polar surface area (TPSA) is 141 Å². The van der Waals surface area contributed by atoms with Crippen molar-refractivity contribution in [2.75, 3.05) is 44.2 Å². The molecule has 15 heteroatoms. The van der Waals surface area contributed by atoms with E-state index in [4.69, 9.17) is 9.73 Å². The number of ether oxygens (including phenoxy) is 1. The van der Waals surface area contributed by atoms with Crippen molar-refractivity contribution < 1.29 is 28.6 Å². The Labute approximate surface area is 318 Å². The molecule has 2 aromatic carbocycles. The van der Waals surface area contributed by atoms with Gasteiger partial charge in [-0.2, -0.15) is 0 Å². The number of benzene rings is 2. The fourth-order valence-electron chi connectivity index (χ4n) is 6.82. The Balaban J connectivity index is 1.10. The second-order valence-electron chi connectivity index (χ2n) is 13.5. The van der Waals surface area contributed by atoms with Gasteiger partial charge in [-0.1, -0.05) is 46.3 Å². The summed E-state index contributed by atoms with van der Waals surface area (Å²) in [6.45, 7) is 7.64. The average Bonchev–Trinajstić information content (AvgIpc) is 3.80. The van der Waals surface area contributed by atoms with Crippen molar-refractivity contribution in [1.29, 1.82) is 0 Å². The second-order valence-corrected chi connectivity index (χ2v) is 15.3. The van der Waals surface area contributed by atoms with Crippen LogP contribution in [0.2, 0.25) is 0 Å². The first-order valence-corrected chi connectivity index (χ1v) is 18.8. The largest absolute Gasteiger partial charge is 0.481 e. The number of thiazole rings is 1. The molecule has 2 atom stereocenters. The quantitative estimate of drug-likeness (QED) is 0.185. The molecule has 12 nitrogen and oxygen atoms in total. The molecule has 0 unspecified atom stereocenters. The zero-order chi connectivity index (χ0) is 37.4. The Morgan fingerprint density at radius 2 is 1.85 bits per heavy atom. The molecule has 0 aliphatic carbocycles. The third-order valence-corrected chi connectivity index (χ3v) is 11.3.